The minimum atomic E-state index is -4.13. The van der Waals surface area contributed by atoms with Crippen molar-refractivity contribution in [3.8, 4) is 5.75 Å². The summed E-state index contributed by atoms with van der Waals surface area (Å²) in [6.45, 7) is 11.5. The van der Waals surface area contributed by atoms with Crippen LogP contribution in [0.25, 0.3) is 0 Å². The Hall–Kier alpha value is -3.85. The van der Waals surface area contributed by atoms with Gasteiger partial charge in [0.15, 0.2) is 0 Å². The molecule has 42 heavy (non-hydrogen) atoms. The highest BCUT2D eigenvalue weighted by Crippen LogP contribution is 2.27. The molecule has 3 aromatic rings. The van der Waals surface area contributed by atoms with Crippen molar-refractivity contribution in [3.63, 3.8) is 0 Å². The fourth-order valence-electron chi connectivity index (χ4n) is 4.59. The zero-order valence-corrected chi connectivity index (χ0v) is 26.3. The van der Waals surface area contributed by atoms with Crippen molar-refractivity contribution in [2.75, 3.05) is 24.0 Å². The predicted octanol–water partition coefficient (Wildman–Crippen LogP) is 5.35. The summed E-state index contributed by atoms with van der Waals surface area (Å²) in [5.41, 5.74) is 1.75. The number of hydrogen-bond donors (Lipinski definition) is 1. The summed E-state index contributed by atoms with van der Waals surface area (Å²) in [5.74, 6) is -0.151. The van der Waals surface area contributed by atoms with Crippen molar-refractivity contribution in [1.82, 2.24) is 10.2 Å². The van der Waals surface area contributed by atoms with Crippen LogP contribution in [-0.4, -0.2) is 56.4 Å². The van der Waals surface area contributed by atoms with E-state index in [1.54, 1.807) is 36.4 Å². The summed E-state index contributed by atoms with van der Waals surface area (Å²) >= 11 is 0. The summed E-state index contributed by atoms with van der Waals surface area (Å²) < 4.78 is 34.6. The molecule has 1 atom stereocenters. The average Bonchev–Trinajstić information content (AvgIpc) is 2.94. The van der Waals surface area contributed by atoms with Crippen LogP contribution in [-0.2, 0) is 26.0 Å². The fourth-order valence-corrected chi connectivity index (χ4v) is 6.00. The lowest BCUT2D eigenvalue weighted by atomic mass is 10.1. The molecular formula is C33H43N3O5S. The number of sulfonamides is 1. The number of carbonyl (C=O) groups is 2. The van der Waals surface area contributed by atoms with E-state index in [9.17, 15) is 18.0 Å². The van der Waals surface area contributed by atoms with Gasteiger partial charge in [-0.05, 0) is 89.4 Å². The number of benzene rings is 3. The SMILES string of the molecule is CCOc1ccc(N(CC(=O)N(CCc2ccccc2)C(CC)C(=O)NC(C)(C)C)S(=O)(=O)c2ccc(C)cc2)cc1. The number of carbonyl (C=O) groups excluding carboxylic acids is 2. The first-order valence-electron chi connectivity index (χ1n) is 14.3. The number of rotatable bonds is 13. The van der Waals surface area contributed by atoms with Crippen LogP contribution in [0.5, 0.6) is 5.75 Å². The quantitative estimate of drug-likeness (QED) is 0.288. The summed E-state index contributed by atoms with van der Waals surface area (Å²) in [4.78, 5) is 29.1. The third kappa shape index (κ3) is 8.82. The first-order chi connectivity index (χ1) is 19.9. The maximum Gasteiger partial charge on any atom is 0.264 e. The highest BCUT2D eigenvalue weighted by Gasteiger charge is 2.34. The monoisotopic (exact) mass is 593 g/mol. The molecule has 0 spiro atoms. The molecule has 1 unspecified atom stereocenters. The van der Waals surface area contributed by atoms with Gasteiger partial charge in [0, 0.05) is 12.1 Å². The largest absolute Gasteiger partial charge is 0.494 e. The summed E-state index contributed by atoms with van der Waals surface area (Å²) in [7, 11) is -4.13. The molecule has 0 aromatic heterocycles. The Morgan fingerprint density at radius 3 is 2.07 bits per heavy atom. The number of nitrogens with one attached hydrogen (secondary N) is 1. The lowest BCUT2D eigenvalue weighted by Crippen LogP contribution is -2.56. The second-order valence-corrected chi connectivity index (χ2v) is 13.1. The van der Waals surface area contributed by atoms with Crippen molar-refractivity contribution >= 4 is 27.5 Å². The van der Waals surface area contributed by atoms with Crippen LogP contribution in [0.3, 0.4) is 0 Å². The summed E-state index contributed by atoms with van der Waals surface area (Å²) in [6, 6.07) is 22.1. The number of ether oxygens (including phenoxy) is 1. The molecule has 2 amide bonds. The number of anilines is 1. The normalized spacial score (nSPS) is 12.3. The van der Waals surface area contributed by atoms with Gasteiger partial charge in [-0.2, -0.15) is 0 Å². The van der Waals surface area contributed by atoms with Crippen molar-refractivity contribution in [3.05, 3.63) is 90.0 Å². The third-order valence-electron chi connectivity index (χ3n) is 6.69. The van der Waals surface area contributed by atoms with Gasteiger partial charge in [-0.1, -0.05) is 55.0 Å². The molecule has 0 radical (unpaired) electrons. The molecule has 3 rings (SSSR count). The fraction of sp³-hybridized carbons (Fsp3) is 0.394. The molecule has 226 valence electrons. The highest BCUT2D eigenvalue weighted by atomic mass is 32.2. The molecule has 1 N–H and O–H groups in total. The van der Waals surface area contributed by atoms with Gasteiger partial charge in [-0.15, -0.1) is 0 Å². The molecule has 0 aliphatic heterocycles. The molecule has 0 fully saturated rings. The van der Waals surface area contributed by atoms with Crippen LogP contribution in [0.15, 0.2) is 83.8 Å². The van der Waals surface area contributed by atoms with Gasteiger partial charge >= 0.3 is 0 Å². The molecular weight excluding hydrogens is 550 g/mol. The molecule has 0 bridgehead atoms. The Kier molecular flexibility index (Phi) is 11.2. The minimum Gasteiger partial charge on any atom is -0.494 e. The average molecular weight is 594 g/mol. The first kappa shape index (κ1) is 32.7. The molecule has 0 heterocycles. The van der Waals surface area contributed by atoms with Crippen LogP contribution in [0.4, 0.5) is 5.69 Å². The van der Waals surface area contributed by atoms with Crippen molar-refractivity contribution in [2.45, 2.75) is 70.9 Å². The van der Waals surface area contributed by atoms with Gasteiger partial charge in [0.25, 0.3) is 10.0 Å². The van der Waals surface area contributed by atoms with Crippen LogP contribution < -0.4 is 14.4 Å². The molecule has 0 saturated heterocycles. The third-order valence-corrected chi connectivity index (χ3v) is 8.48. The standard InChI is InChI=1S/C33H43N3O5S/c1-7-30(32(38)34-33(4,5)6)35(23-22-26-12-10-9-11-13-26)31(37)24-36(27-16-18-28(19-17-27)41-8-2)42(39,40)29-20-14-25(3)15-21-29/h9-21,30H,7-8,22-24H2,1-6H3,(H,34,38). The van der Waals surface area contributed by atoms with E-state index in [0.29, 0.717) is 30.9 Å². The Bertz CT molecular complexity index is 1420. The highest BCUT2D eigenvalue weighted by molar-refractivity contribution is 7.92. The van der Waals surface area contributed by atoms with E-state index < -0.39 is 34.1 Å². The van der Waals surface area contributed by atoms with Crippen LogP contribution in [0, 0.1) is 6.92 Å². The summed E-state index contributed by atoms with van der Waals surface area (Å²) in [6.07, 6.45) is 0.885. The van der Waals surface area contributed by atoms with E-state index in [1.165, 1.54) is 17.0 Å². The zero-order valence-electron chi connectivity index (χ0n) is 25.5. The summed E-state index contributed by atoms with van der Waals surface area (Å²) in [5, 5.41) is 2.99. The van der Waals surface area contributed by atoms with Crippen molar-refractivity contribution in [2.24, 2.45) is 0 Å². The number of amides is 2. The lowest BCUT2D eigenvalue weighted by molar-refractivity contribution is -0.140. The molecule has 0 aliphatic carbocycles. The smallest absolute Gasteiger partial charge is 0.264 e. The van der Waals surface area contributed by atoms with Gasteiger partial charge in [0.05, 0.1) is 17.2 Å². The van der Waals surface area contributed by atoms with E-state index in [0.717, 1.165) is 15.4 Å². The van der Waals surface area contributed by atoms with Gasteiger partial charge in [0.2, 0.25) is 11.8 Å². The number of aryl methyl sites for hydroxylation is 1. The Labute approximate surface area is 250 Å². The van der Waals surface area contributed by atoms with E-state index in [-0.39, 0.29) is 17.3 Å². The van der Waals surface area contributed by atoms with Gasteiger partial charge in [0.1, 0.15) is 18.3 Å². The van der Waals surface area contributed by atoms with Gasteiger partial charge in [-0.25, -0.2) is 8.42 Å². The topological polar surface area (TPSA) is 96.0 Å². The molecule has 0 aliphatic rings. The van der Waals surface area contributed by atoms with E-state index in [1.807, 2.05) is 71.9 Å². The maximum atomic E-state index is 14.1. The molecule has 0 saturated carbocycles. The van der Waals surface area contributed by atoms with Crippen LogP contribution >= 0.6 is 0 Å². The van der Waals surface area contributed by atoms with Gasteiger partial charge in [-0.3, -0.25) is 13.9 Å². The van der Waals surface area contributed by atoms with E-state index >= 15 is 0 Å². The van der Waals surface area contributed by atoms with Crippen LogP contribution in [0.1, 0.15) is 52.2 Å². The van der Waals surface area contributed by atoms with Crippen molar-refractivity contribution < 1.29 is 22.7 Å². The molecule has 3 aromatic carbocycles. The second-order valence-electron chi connectivity index (χ2n) is 11.2. The maximum absolute atomic E-state index is 14.1. The Morgan fingerprint density at radius 2 is 1.52 bits per heavy atom. The van der Waals surface area contributed by atoms with Crippen LogP contribution in [0.2, 0.25) is 0 Å². The van der Waals surface area contributed by atoms with Crippen molar-refractivity contribution in [1.29, 1.82) is 0 Å². The Balaban J connectivity index is 2.02. The first-order valence-corrected chi connectivity index (χ1v) is 15.8. The second kappa shape index (κ2) is 14.4. The van der Waals surface area contributed by atoms with Gasteiger partial charge < -0.3 is 15.0 Å². The zero-order chi connectivity index (χ0) is 30.9. The Morgan fingerprint density at radius 1 is 0.905 bits per heavy atom. The number of nitrogens with zero attached hydrogens (tertiary/aromatic N) is 2. The van der Waals surface area contributed by atoms with E-state index in [2.05, 4.69) is 5.32 Å². The minimum absolute atomic E-state index is 0.0723. The molecule has 9 heteroatoms. The lowest BCUT2D eigenvalue weighted by Gasteiger charge is -2.34. The van der Waals surface area contributed by atoms with E-state index in [4.69, 9.17) is 4.74 Å². The number of hydrogen-bond acceptors (Lipinski definition) is 5. The molecule has 8 nitrogen and oxygen atoms in total. The predicted molar refractivity (Wildman–Crippen MR) is 167 cm³/mol.